The van der Waals surface area contributed by atoms with Crippen molar-refractivity contribution in [2.45, 2.75) is 76.4 Å². The van der Waals surface area contributed by atoms with Crippen molar-refractivity contribution in [3.05, 3.63) is 58.7 Å². The van der Waals surface area contributed by atoms with Gasteiger partial charge in [-0.1, -0.05) is 19.3 Å². The van der Waals surface area contributed by atoms with Gasteiger partial charge in [-0.25, -0.2) is 9.59 Å². The van der Waals surface area contributed by atoms with Crippen molar-refractivity contribution in [2.24, 2.45) is 5.92 Å². The van der Waals surface area contributed by atoms with Crippen LogP contribution in [0, 0.1) is 5.92 Å². The van der Waals surface area contributed by atoms with E-state index in [-0.39, 0.29) is 29.8 Å². The molecule has 1 saturated carbocycles. The highest BCUT2D eigenvalue weighted by Gasteiger charge is 2.44. The van der Waals surface area contributed by atoms with Crippen LogP contribution in [-0.4, -0.2) is 43.1 Å². The largest absolute Gasteiger partial charge is 0.573 e. The Hall–Kier alpha value is -3.85. The Bertz CT molecular complexity index is 1360. The molecule has 0 spiro atoms. The Kier molecular flexibility index (Phi) is 9.73. The molecule has 4 rings (SSSR count). The molecule has 1 heterocycles. The average Bonchev–Trinajstić information content (AvgIpc) is 3.23. The van der Waals surface area contributed by atoms with Crippen LogP contribution < -0.4 is 9.64 Å². The molecule has 1 aliphatic carbocycles. The summed E-state index contributed by atoms with van der Waals surface area (Å²) < 4.78 is 134. The van der Waals surface area contributed by atoms with Gasteiger partial charge < -0.3 is 14.2 Å². The molecule has 0 N–H and O–H groups in total. The number of carbonyl (C=O) groups excluding carboxylic acids is 2. The molecule has 2 aromatic rings. The summed E-state index contributed by atoms with van der Waals surface area (Å²) in [5, 5.41) is 0. The summed E-state index contributed by atoms with van der Waals surface area (Å²) in [4.78, 5) is 28.0. The lowest BCUT2D eigenvalue weighted by molar-refractivity contribution is -0.274. The molecule has 2 aliphatic rings. The molecule has 2 unspecified atom stereocenters. The first-order valence-corrected chi connectivity index (χ1v) is 13.9. The van der Waals surface area contributed by atoms with Crippen molar-refractivity contribution in [1.29, 1.82) is 0 Å². The van der Waals surface area contributed by atoms with E-state index in [9.17, 15) is 49.1 Å². The van der Waals surface area contributed by atoms with Gasteiger partial charge in [-0.05, 0) is 73.2 Å². The second-order valence-corrected chi connectivity index (χ2v) is 10.9. The van der Waals surface area contributed by atoms with Gasteiger partial charge in [-0.2, -0.15) is 26.3 Å². The molecular weight excluding hydrogens is 627 g/mol. The van der Waals surface area contributed by atoms with Crippen LogP contribution in [0.15, 0.2) is 36.4 Å². The number of ether oxygens (including phenoxy) is 3. The lowest BCUT2D eigenvalue weighted by atomic mass is 9.89. The maximum Gasteiger partial charge on any atom is 0.573 e. The summed E-state index contributed by atoms with van der Waals surface area (Å²) in [5.41, 5.74) is -3.76. The van der Waals surface area contributed by atoms with E-state index in [4.69, 9.17) is 9.47 Å². The van der Waals surface area contributed by atoms with Crippen molar-refractivity contribution in [2.75, 3.05) is 18.6 Å². The quantitative estimate of drug-likeness (QED) is 0.279. The highest BCUT2D eigenvalue weighted by molar-refractivity contribution is 5.89. The van der Waals surface area contributed by atoms with Crippen molar-refractivity contribution in [3.63, 3.8) is 0 Å². The number of cyclic esters (lactones) is 1. The molecule has 2 fully saturated rings. The Morgan fingerprint density at radius 3 is 2.07 bits per heavy atom. The Morgan fingerprint density at radius 2 is 1.53 bits per heavy atom. The molecule has 1 saturated heterocycles. The van der Waals surface area contributed by atoms with E-state index >= 15 is 0 Å². The number of halogens is 9. The number of benzene rings is 2. The van der Waals surface area contributed by atoms with Crippen LogP contribution in [0.2, 0.25) is 0 Å². The maximum atomic E-state index is 13.5. The third-order valence-electron chi connectivity index (χ3n) is 7.81. The average molecular weight is 657 g/mol. The zero-order valence-corrected chi connectivity index (χ0v) is 24.0. The van der Waals surface area contributed by atoms with Gasteiger partial charge >= 0.3 is 30.9 Å². The molecule has 16 heteroatoms. The number of nitrogens with zero attached hydrogens (tertiary/aromatic N) is 2. The standard InChI is InChI=1S/C29H29F9N2O5/c1-16-24(18-10-20(27(30,31)32)13-21(11-18)28(33,34)35)44-26(42)39(16)15-19-12-22(45-29(36,37)38)8-9-23(19)40(25(41)43-2)14-17-6-4-3-5-7-17/h8-13,16-17,24H,3-7,14-15H2,1-2H3. The topological polar surface area (TPSA) is 68.3 Å². The fourth-order valence-corrected chi connectivity index (χ4v) is 5.64. The number of hydrogen-bond acceptors (Lipinski definition) is 5. The van der Waals surface area contributed by atoms with E-state index in [0.29, 0.717) is 12.1 Å². The SMILES string of the molecule is COC(=O)N(CC1CCCCC1)c1ccc(OC(F)(F)F)cc1CN1C(=O)OC(c2cc(C(F)(F)F)cc(C(F)(F)F)c2)C1C. The third kappa shape index (κ3) is 8.25. The normalized spacial score (nSPS) is 19.8. The van der Waals surface area contributed by atoms with E-state index < -0.39 is 72.0 Å². The van der Waals surface area contributed by atoms with Gasteiger partial charge in [-0.3, -0.25) is 9.80 Å². The fourth-order valence-electron chi connectivity index (χ4n) is 5.64. The van der Waals surface area contributed by atoms with Crippen molar-refractivity contribution < 1.29 is 63.3 Å². The van der Waals surface area contributed by atoms with Crippen LogP contribution in [-0.2, 0) is 28.4 Å². The molecule has 2 aromatic carbocycles. The number of methoxy groups -OCH3 is 1. The van der Waals surface area contributed by atoms with Gasteiger partial charge in [0.15, 0.2) is 0 Å². The summed E-state index contributed by atoms with van der Waals surface area (Å²) in [6.07, 6.45) is -14.6. The first-order chi connectivity index (χ1) is 20.9. The monoisotopic (exact) mass is 656 g/mol. The summed E-state index contributed by atoms with van der Waals surface area (Å²) in [6.45, 7) is 0.912. The summed E-state index contributed by atoms with van der Waals surface area (Å²) in [6, 6.07) is 2.74. The van der Waals surface area contributed by atoms with Crippen molar-refractivity contribution >= 4 is 17.9 Å². The van der Waals surface area contributed by atoms with E-state index in [1.165, 1.54) is 17.9 Å². The molecule has 1 aliphatic heterocycles. The molecule has 0 aromatic heterocycles. The van der Waals surface area contributed by atoms with Crippen LogP contribution in [0.1, 0.15) is 67.4 Å². The van der Waals surface area contributed by atoms with Crippen LogP contribution in [0.4, 0.5) is 54.8 Å². The highest BCUT2D eigenvalue weighted by Crippen LogP contribution is 2.42. The van der Waals surface area contributed by atoms with Crippen molar-refractivity contribution in [3.8, 4) is 5.75 Å². The van der Waals surface area contributed by atoms with Gasteiger partial charge in [0.05, 0.1) is 36.5 Å². The predicted molar refractivity (Wildman–Crippen MR) is 140 cm³/mol. The number of hydrogen-bond donors (Lipinski definition) is 0. The molecule has 7 nitrogen and oxygen atoms in total. The second-order valence-electron chi connectivity index (χ2n) is 10.9. The highest BCUT2D eigenvalue weighted by atomic mass is 19.4. The molecule has 2 amide bonds. The van der Waals surface area contributed by atoms with Crippen molar-refractivity contribution in [1.82, 2.24) is 4.90 Å². The molecule has 2 atom stereocenters. The first kappa shape index (κ1) is 34.0. The third-order valence-corrected chi connectivity index (χ3v) is 7.81. The lowest BCUT2D eigenvalue weighted by Gasteiger charge is -2.31. The first-order valence-electron chi connectivity index (χ1n) is 13.9. The van der Waals surface area contributed by atoms with Gasteiger partial charge in [0, 0.05) is 6.54 Å². The number of rotatable bonds is 7. The number of anilines is 1. The van der Waals surface area contributed by atoms with E-state index in [0.717, 1.165) is 56.2 Å². The molecule has 248 valence electrons. The number of amides is 2. The zero-order chi connectivity index (χ0) is 33.3. The summed E-state index contributed by atoms with van der Waals surface area (Å²) >= 11 is 0. The molecule has 45 heavy (non-hydrogen) atoms. The van der Waals surface area contributed by atoms with Gasteiger partial charge in [-0.15, -0.1) is 13.2 Å². The Labute approximate surface area is 251 Å². The van der Waals surface area contributed by atoms with Gasteiger partial charge in [0.2, 0.25) is 0 Å². The maximum absolute atomic E-state index is 13.5. The number of alkyl halides is 9. The molecule has 0 radical (unpaired) electrons. The Morgan fingerprint density at radius 1 is 0.933 bits per heavy atom. The van der Waals surface area contributed by atoms with E-state index in [1.54, 1.807) is 0 Å². The predicted octanol–water partition coefficient (Wildman–Crippen LogP) is 8.86. The van der Waals surface area contributed by atoms with E-state index in [2.05, 4.69) is 4.74 Å². The second kappa shape index (κ2) is 12.9. The fraction of sp³-hybridized carbons (Fsp3) is 0.517. The number of carbonyl (C=O) groups is 2. The molecule has 0 bridgehead atoms. The Balaban J connectivity index is 1.72. The van der Waals surface area contributed by atoms with Crippen LogP contribution in [0.3, 0.4) is 0 Å². The van der Waals surface area contributed by atoms with E-state index in [1.807, 2.05) is 0 Å². The molecular formula is C29H29F9N2O5. The lowest BCUT2D eigenvalue weighted by Crippen LogP contribution is -2.38. The van der Waals surface area contributed by atoms with Crippen LogP contribution in [0.5, 0.6) is 5.75 Å². The van der Waals surface area contributed by atoms with Gasteiger partial charge in [0.25, 0.3) is 0 Å². The minimum Gasteiger partial charge on any atom is -0.452 e. The summed E-state index contributed by atoms with van der Waals surface area (Å²) in [7, 11) is 1.12. The van der Waals surface area contributed by atoms with Crippen LogP contribution in [0.25, 0.3) is 0 Å². The van der Waals surface area contributed by atoms with Crippen LogP contribution >= 0.6 is 0 Å². The van der Waals surface area contributed by atoms with Gasteiger partial charge in [0.1, 0.15) is 11.9 Å². The summed E-state index contributed by atoms with van der Waals surface area (Å²) in [5.74, 6) is -0.645. The minimum atomic E-state index is -5.15. The zero-order valence-electron chi connectivity index (χ0n) is 24.0. The smallest absolute Gasteiger partial charge is 0.452 e. The minimum absolute atomic E-state index is 0.0394.